The summed E-state index contributed by atoms with van der Waals surface area (Å²) in [6.07, 6.45) is 3.13. The van der Waals surface area contributed by atoms with Gasteiger partial charge in [0.2, 0.25) is 0 Å². The number of halogens is 1. The zero-order valence-electron chi connectivity index (χ0n) is 24.6. The fraction of sp³-hybridized carbons (Fsp3) is 0.303. The standard InChI is InChI=1S/C33H36N2O6.ClH/c1-6-10-20(5)33(38)40-23-18-26(32(36)37)31(29(19-23)39-15-7-2)30-24-13-11-21(34-8-3)16-27(24)41-28-17-22(35-9-4)12-14-25(28)30;/h10-14,16-19,34H,6-9,15H2,1-5H3,(H,36,37);1H. The van der Waals surface area contributed by atoms with Gasteiger partial charge in [-0.25, -0.2) is 9.59 Å². The van der Waals surface area contributed by atoms with E-state index in [4.69, 9.17) is 13.9 Å². The Balaban J connectivity index is 0.00000484. The van der Waals surface area contributed by atoms with Crippen LogP contribution in [0.5, 0.6) is 11.5 Å². The molecule has 0 bridgehead atoms. The molecule has 0 amide bonds. The first-order valence-corrected chi connectivity index (χ1v) is 14.0. The number of hydrogen-bond donors (Lipinski definition) is 2. The first-order chi connectivity index (χ1) is 19.8. The van der Waals surface area contributed by atoms with Gasteiger partial charge in [-0.1, -0.05) is 19.9 Å². The predicted molar refractivity (Wildman–Crippen MR) is 168 cm³/mol. The lowest BCUT2D eigenvalue weighted by Gasteiger charge is -2.21. The fourth-order valence-electron chi connectivity index (χ4n) is 4.72. The van der Waals surface area contributed by atoms with E-state index in [9.17, 15) is 14.7 Å². The highest BCUT2D eigenvalue weighted by Crippen LogP contribution is 2.47. The quantitative estimate of drug-likeness (QED) is 0.0793. The Bertz CT molecular complexity index is 1660. The summed E-state index contributed by atoms with van der Waals surface area (Å²) >= 11 is 0. The van der Waals surface area contributed by atoms with Crippen LogP contribution in [0.4, 0.5) is 5.69 Å². The van der Waals surface area contributed by atoms with E-state index >= 15 is 0 Å². The van der Waals surface area contributed by atoms with Gasteiger partial charge in [0, 0.05) is 64.6 Å². The number of carbonyl (C=O) groups excluding carboxylic acids is 1. The Labute approximate surface area is 251 Å². The van der Waals surface area contributed by atoms with Gasteiger partial charge in [-0.15, -0.1) is 12.4 Å². The molecule has 222 valence electrons. The molecule has 0 spiro atoms. The molecule has 1 aliphatic heterocycles. The number of esters is 1. The Hall–Kier alpha value is -4.30. The SMILES string of the molecule is CCC=C(C)C(=O)Oc1cc(OCCC)c(-c2c3ccc(=NCC)cc-3oc3cc(NCC)ccc23)c(C(=O)O)c1.Cl. The van der Waals surface area contributed by atoms with Crippen molar-refractivity contribution in [2.75, 3.05) is 25.0 Å². The number of carboxylic acids is 1. The number of hydrogen-bond acceptors (Lipinski definition) is 7. The van der Waals surface area contributed by atoms with E-state index in [1.807, 2.05) is 64.1 Å². The molecule has 0 saturated heterocycles. The van der Waals surface area contributed by atoms with Crippen LogP contribution in [0, 0.1) is 0 Å². The summed E-state index contributed by atoms with van der Waals surface area (Å²) in [6.45, 7) is 11.2. The molecule has 2 aliphatic rings. The molecular weight excluding hydrogens is 556 g/mol. The molecule has 0 atom stereocenters. The molecule has 1 heterocycles. The molecule has 2 aromatic carbocycles. The van der Waals surface area contributed by atoms with Gasteiger partial charge in [-0.05, 0) is 63.9 Å². The molecule has 2 aromatic rings. The second-order valence-electron chi connectivity index (χ2n) is 9.56. The zero-order valence-corrected chi connectivity index (χ0v) is 25.4. The first-order valence-electron chi connectivity index (χ1n) is 14.0. The van der Waals surface area contributed by atoms with E-state index < -0.39 is 11.9 Å². The minimum Gasteiger partial charge on any atom is -0.493 e. The average Bonchev–Trinajstić information content (AvgIpc) is 2.95. The van der Waals surface area contributed by atoms with E-state index in [2.05, 4.69) is 10.3 Å². The van der Waals surface area contributed by atoms with E-state index in [1.54, 1.807) is 19.1 Å². The summed E-state index contributed by atoms with van der Waals surface area (Å²) in [6, 6.07) is 14.3. The van der Waals surface area contributed by atoms with Crippen molar-refractivity contribution < 1.29 is 28.6 Å². The predicted octanol–water partition coefficient (Wildman–Crippen LogP) is 7.73. The van der Waals surface area contributed by atoms with Gasteiger partial charge < -0.3 is 24.3 Å². The van der Waals surface area contributed by atoms with Crippen LogP contribution in [-0.2, 0) is 4.79 Å². The van der Waals surface area contributed by atoms with Gasteiger partial charge >= 0.3 is 11.9 Å². The minimum atomic E-state index is -1.18. The maximum Gasteiger partial charge on any atom is 0.338 e. The van der Waals surface area contributed by atoms with Gasteiger partial charge in [0.25, 0.3) is 0 Å². The number of ether oxygens (including phenoxy) is 2. The molecule has 4 rings (SSSR count). The second kappa shape index (κ2) is 14.5. The van der Waals surface area contributed by atoms with Crippen LogP contribution in [-0.4, -0.2) is 36.7 Å². The van der Waals surface area contributed by atoms with Gasteiger partial charge in [-0.2, -0.15) is 0 Å². The van der Waals surface area contributed by atoms with Crippen molar-refractivity contribution in [1.29, 1.82) is 0 Å². The number of anilines is 1. The summed E-state index contributed by atoms with van der Waals surface area (Å²) in [4.78, 5) is 30.0. The molecule has 2 N–H and O–H groups in total. The Morgan fingerprint density at radius 1 is 1.02 bits per heavy atom. The van der Waals surface area contributed by atoms with Crippen molar-refractivity contribution in [3.05, 3.63) is 71.1 Å². The molecule has 1 aliphatic carbocycles. The van der Waals surface area contributed by atoms with Crippen LogP contribution in [0.1, 0.15) is 57.8 Å². The van der Waals surface area contributed by atoms with Crippen molar-refractivity contribution in [1.82, 2.24) is 0 Å². The number of fused-ring (bicyclic) bond motifs is 2. The summed E-state index contributed by atoms with van der Waals surface area (Å²) in [5.41, 5.74) is 3.58. The van der Waals surface area contributed by atoms with E-state index in [0.29, 0.717) is 65.3 Å². The normalized spacial score (nSPS) is 11.8. The van der Waals surface area contributed by atoms with Crippen LogP contribution in [0.25, 0.3) is 33.4 Å². The smallest absolute Gasteiger partial charge is 0.338 e. The number of aromatic carboxylic acids is 1. The summed E-state index contributed by atoms with van der Waals surface area (Å²) < 4.78 is 18.1. The van der Waals surface area contributed by atoms with Crippen molar-refractivity contribution in [2.24, 2.45) is 4.99 Å². The van der Waals surface area contributed by atoms with Crippen molar-refractivity contribution in [3.63, 3.8) is 0 Å². The topological polar surface area (TPSA) is 110 Å². The Morgan fingerprint density at radius 2 is 1.81 bits per heavy atom. The maximum absolute atomic E-state index is 12.8. The first kappa shape index (κ1) is 32.2. The molecule has 0 radical (unpaired) electrons. The monoisotopic (exact) mass is 592 g/mol. The molecule has 8 nitrogen and oxygen atoms in total. The van der Waals surface area contributed by atoms with Gasteiger partial charge in [0.05, 0.1) is 17.5 Å². The molecule has 0 saturated carbocycles. The Morgan fingerprint density at radius 3 is 2.48 bits per heavy atom. The number of carbonyl (C=O) groups is 2. The van der Waals surface area contributed by atoms with Crippen LogP contribution < -0.4 is 20.1 Å². The van der Waals surface area contributed by atoms with Crippen LogP contribution in [0.2, 0.25) is 0 Å². The molecule has 9 heteroatoms. The molecule has 0 fully saturated rings. The largest absolute Gasteiger partial charge is 0.493 e. The van der Waals surface area contributed by atoms with Crippen molar-refractivity contribution >= 4 is 41.0 Å². The van der Waals surface area contributed by atoms with Gasteiger partial charge in [0.15, 0.2) is 0 Å². The summed E-state index contributed by atoms with van der Waals surface area (Å²) in [5.74, 6) is -0.763. The number of allylic oxidation sites excluding steroid dienone is 1. The van der Waals surface area contributed by atoms with E-state index in [1.165, 1.54) is 6.07 Å². The third-order valence-electron chi connectivity index (χ3n) is 6.49. The minimum absolute atomic E-state index is 0. The second-order valence-corrected chi connectivity index (χ2v) is 9.56. The van der Waals surface area contributed by atoms with Crippen LogP contribution in [0.15, 0.2) is 69.6 Å². The zero-order chi connectivity index (χ0) is 29.5. The summed E-state index contributed by atoms with van der Waals surface area (Å²) in [5, 5.41) is 15.2. The van der Waals surface area contributed by atoms with Crippen LogP contribution in [0.3, 0.4) is 0 Å². The number of benzene rings is 3. The lowest BCUT2D eigenvalue weighted by atomic mass is 9.89. The highest BCUT2D eigenvalue weighted by Gasteiger charge is 2.27. The molecule has 0 aromatic heterocycles. The Kier molecular flexibility index (Phi) is 11.2. The molecular formula is C33H37ClN2O6. The number of nitrogens with one attached hydrogen (secondary N) is 1. The maximum atomic E-state index is 12.8. The summed E-state index contributed by atoms with van der Waals surface area (Å²) in [7, 11) is 0. The third-order valence-corrected chi connectivity index (χ3v) is 6.49. The third kappa shape index (κ3) is 6.94. The highest BCUT2D eigenvalue weighted by atomic mass is 35.5. The van der Waals surface area contributed by atoms with Crippen molar-refractivity contribution in [3.8, 4) is 33.9 Å². The number of nitrogens with zero attached hydrogens (tertiary/aromatic N) is 1. The fourth-order valence-corrected chi connectivity index (χ4v) is 4.72. The number of carboxylic acid groups (broad SMARTS) is 1. The van der Waals surface area contributed by atoms with E-state index in [-0.39, 0.29) is 23.7 Å². The van der Waals surface area contributed by atoms with Gasteiger partial charge in [0.1, 0.15) is 22.8 Å². The van der Waals surface area contributed by atoms with Gasteiger partial charge in [-0.3, -0.25) is 4.99 Å². The van der Waals surface area contributed by atoms with Crippen molar-refractivity contribution in [2.45, 2.75) is 47.5 Å². The average molecular weight is 593 g/mol. The highest BCUT2D eigenvalue weighted by molar-refractivity contribution is 6.09. The molecule has 42 heavy (non-hydrogen) atoms. The van der Waals surface area contributed by atoms with Crippen LogP contribution >= 0.6 is 12.4 Å². The lowest BCUT2D eigenvalue weighted by Crippen LogP contribution is -2.12. The number of rotatable bonds is 11. The van der Waals surface area contributed by atoms with E-state index in [0.717, 1.165) is 23.0 Å². The lowest BCUT2D eigenvalue weighted by molar-refractivity contribution is -0.130. The molecule has 0 unspecified atom stereocenters.